The number of ether oxygens (including phenoxy) is 1. The average Bonchev–Trinajstić information content (AvgIpc) is 2.76. The molecular weight excluding hydrogens is 419 g/mol. The van der Waals surface area contributed by atoms with Gasteiger partial charge in [-0.05, 0) is 36.0 Å². The third-order valence-corrected chi connectivity index (χ3v) is 5.16. The number of hydrogen-bond donors (Lipinski definition) is 2. The van der Waals surface area contributed by atoms with Crippen molar-refractivity contribution in [2.75, 3.05) is 29.9 Å². The number of pyridine rings is 1. The van der Waals surface area contributed by atoms with E-state index in [2.05, 4.69) is 15.3 Å². The zero-order valence-corrected chi connectivity index (χ0v) is 17.6. The van der Waals surface area contributed by atoms with Gasteiger partial charge in [0.15, 0.2) is 10.9 Å². The number of morpholine rings is 1. The molecule has 31 heavy (non-hydrogen) atoms. The maximum Gasteiger partial charge on any atom is 0.255 e. The first-order chi connectivity index (χ1) is 14.9. The maximum absolute atomic E-state index is 14.2. The van der Waals surface area contributed by atoms with Gasteiger partial charge in [0.1, 0.15) is 6.10 Å². The fraction of sp³-hybridized carbons (Fsp3) is 0.238. The molecule has 4 rings (SSSR count). The van der Waals surface area contributed by atoms with Crippen LogP contribution in [0.15, 0.2) is 53.6 Å². The molecule has 0 spiro atoms. The van der Waals surface area contributed by atoms with Crippen molar-refractivity contribution in [3.05, 3.63) is 70.5 Å². The van der Waals surface area contributed by atoms with E-state index < -0.39 is 5.82 Å². The molecule has 160 valence electrons. The van der Waals surface area contributed by atoms with E-state index in [4.69, 9.17) is 22.7 Å². The fourth-order valence-electron chi connectivity index (χ4n) is 3.49. The normalized spacial score (nSPS) is 16.2. The van der Waals surface area contributed by atoms with E-state index in [0.717, 1.165) is 17.4 Å². The van der Waals surface area contributed by atoms with Gasteiger partial charge in [-0.1, -0.05) is 12.1 Å². The summed E-state index contributed by atoms with van der Waals surface area (Å²) in [6.45, 7) is 1.51. The summed E-state index contributed by atoms with van der Waals surface area (Å²) in [5, 5.41) is 3.08. The Balaban J connectivity index is 1.62. The SMILES string of the molecule is Cn1c(N2CCO[C@@H](c3ccc(NC(N)=S)cc3)C2)nc(-c2ccncc2F)cc1=O. The van der Waals surface area contributed by atoms with Gasteiger partial charge in [-0.2, -0.15) is 0 Å². The summed E-state index contributed by atoms with van der Waals surface area (Å²) in [5.74, 6) is -0.0708. The van der Waals surface area contributed by atoms with Crippen LogP contribution in [0.4, 0.5) is 16.0 Å². The Morgan fingerprint density at radius 1 is 1.32 bits per heavy atom. The van der Waals surface area contributed by atoms with Crippen molar-refractivity contribution in [2.24, 2.45) is 12.8 Å². The Hall–Kier alpha value is -3.37. The van der Waals surface area contributed by atoms with E-state index in [1.165, 1.54) is 22.9 Å². The molecule has 1 atom stereocenters. The zero-order valence-electron chi connectivity index (χ0n) is 16.8. The summed E-state index contributed by atoms with van der Waals surface area (Å²) < 4.78 is 21.6. The predicted molar refractivity (Wildman–Crippen MR) is 120 cm³/mol. The van der Waals surface area contributed by atoms with Crippen molar-refractivity contribution in [2.45, 2.75) is 6.10 Å². The number of aromatic nitrogens is 3. The summed E-state index contributed by atoms with van der Waals surface area (Å²) in [6, 6.07) is 10.4. The minimum Gasteiger partial charge on any atom is -0.376 e. The van der Waals surface area contributed by atoms with Gasteiger partial charge in [-0.15, -0.1) is 0 Å². The van der Waals surface area contributed by atoms with Gasteiger partial charge in [0.05, 0.1) is 25.0 Å². The Bertz CT molecular complexity index is 1170. The van der Waals surface area contributed by atoms with Crippen LogP contribution in [0.3, 0.4) is 0 Å². The van der Waals surface area contributed by atoms with Crippen LogP contribution in [-0.4, -0.2) is 39.3 Å². The Morgan fingerprint density at radius 2 is 2.10 bits per heavy atom. The molecule has 0 aliphatic carbocycles. The lowest BCUT2D eigenvalue weighted by atomic mass is 10.1. The molecule has 0 amide bonds. The lowest BCUT2D eigenvalue weighted by Gasteiger charge is -2.34. The van der Waals surface area contributed by atoms with Gasteiger partial charge >= 0.3 is 0 Å². The van der Waals surface area contributed by atoms with Crippen LogP contribution in [0.25, 0.3) is 11.3 Å². The fourth-order valence-corrected chi connectivity index (χ4v) is 3.60. The summed E-state index contributed by atoms with van der Waals surface area (Å²) in [4.78, 5) is 22.9. The minimum absolute atomic E-state index is 0.199. The summed E-state index contributed by atoms with van der Waals surface area (Å²) >= 11 is 4.86. The molecule has 0 bridgehead atoms. The second-order valence-electron chi connectivity index (χ2n) is 7.11. The van der Waals surface area contributed by atoms with Crippen LogP contribution in [0.5, 0.6) is 0 Å². The van der Waals surface area contributed by atoms with Crippen LogP contribution in [0, 0.1) is 5.82 Å². The van der Waals surface area contributed by atoms with Crippen molar-refractivity contribution < 1.29 is 9.13 Å². The van der Waals surface area contributed by atoms with Crippen LogP contribution in [-0.2, 0) is 11.8 Å². The van der Waals surface area contributed by atoms with Crippen molar-refractivity contribution in [3.8, 4) is 11.3 Å². The number of nitrogens with one attached hydrogen (secondary N) is 1. The molecule has 1 saturated heterocycles. The van der Waals surface area contributed by atoms with Gasteiger partial charge in [0.25, 0.3) is 5.56 Å². The largest absolute Gasteiger partial charge is 0.376 e. The topological polar surface area (TPSA) is 98.3 Å². The molecule has 8 nitrogen and oxygen atoms in total. The molecule has 3 aromatic rings. The van der Waals surface area contributed by atoms with E-state index in [0.29, 0.717) is 25.6 Å². The Labute approximate surface area is 183 Å². The van der Waals surface area contributed by atoms with Gasteiger partial charge in [-0.25, -0.2) is 9.37 Å². The van der Waals surface area contributed by atoms with Crippen LogP contribution in [0.1, 0.15) is 11.7 Å². The first-order valence-electron chi connectivity index (χ1n) is 9.63. The summed E-state index contributed by atoms with van der Waals surface area (Å²) in [6.07, 6.45) is 2.36. The van der Waals surface area contributed by atoms with Gasteiger partial charge in [0, 0.05) is 37.1 Å². The number of nitrogens with zero attached hydrogens (tertiary/aromatic N) is 4. The second kappa shape index (κ2) is 8.78. The Morgan fingerprint density at radius 3 is 2.81 bits per heavy atom. The highest BCUT2D eigenvalue weighted by molar-refractivity contribution is 7.80. The predicted octanol–water partition coefficient (Wildman–Crippen LogP) is 2.21. The molecule has 1 aliphatic heterocycles. The first kappa shape index (κ1) is 20.9. The summed E-state index contributed by atoms with van der Waals surface area (Å²) in [5.41, 5.74) is 7.51. The quantitative estimate of drug-likeness (QED) is 0.596. The number of nitrogens with two attached hydrogens (primary N) is 1. The molecule has 0 unspecified atom stereocenters. The minimum atomic E-state index is -0.528. The van der Waals surface area contributed by atoms with E-state index in [-0.39, 0.29) is 28.0 Å². The smallest absolute Gasteiger partial charge is 0.255 e. The third kappa shape index (κ3) is 4.54. The van der Waals surface area contributed by atoms with Crippen LogP contribution >= 0.6 is 12.2 Å². The monoisotopic (exact) mass is 440 g/mol. The number of rotatable bonds is 4. The maximum atomic E-state index is 14.2. The number of thiocarbonyl (C=S) groups is 1. The number of hydrogen-bond acceptors (Lipinski definition) is 6. The number of benzene rings is 1. The molecule has 10 heteroatoms. The molecule has 3 heterocycles. The Kier molecular flexibility index (Phi) is 5.92. The van der Waals surface area contributed by atoms with Crippen LogP contribution < -0.4 is 21.5 Å². The summed E-state index contributed by atoms with van der Waals surface area (Å²) in [7, 11) is 1.65. The van der Waals surface area contributed by atoms with Gasteiger partial charge < -0.3 is 20.7 Å². The molecule has 2 aromatic heterocycles. The third-order valence-electron chi connectivity index (χ3n) is 5.06. The van der Waals surface area contributed by atoms with Crippen molar-refractivity contribution in [1.82, 2.24) is 14.5 Å². The van der Waals surface area contributed by atoms with E-state index in [1.807, 2.05) is 29.2 Å². The molecule has 1 fully saturated rings. The van der Waals surface area contributed by atoms with Crippen molar-refractivity contribution in [3.63, 3.8) is 0 Å². The molecule has 1 aliphatic rings. The average molecular weight is 441 g/mol. The molecule has 1 aromatic carbocycles. The van der Waals surface area contributed by atoms with E-state index in [1.54, 1.807) is 7.05 Å². The van der Waals surface area contributed by atoms with Gasteiger partial charge in [-0.3, -0.25) is 14.3 Å². The highest BCUT2D eigenvalue weighted by Crippen LogP contribution is 2.27. The van der Waals surface area contributed by atoms with E-state index in [9.17, 15) is 9.18 Å². The first-order valence-corrected chi connectivity index (χ1v) is 10.0. The lowest BCUT2D eigenvalue weighted by molar-refractivity contribution is 0.0390. The molecule has 3 N–H and O–H groups in total. The highest BCUT2D eigenvalue weighted by atomic mass is 32.1. The number of halogens is 1. The molecular formula is C21H21FN6O2S. The van der Waals surface area contributed by atoms with Crippen molar-refractivity contribution >= 4 is 29.0 Å². The highest BCUT2D eigenvalue weighted by Gasteiger charge is 2.25. The van der Waals surface area contributed by atoms with Crippen LogP contribution in [0.2, 0.25) is 0 Å². The van der Waals surface area contributed by atoms with E-state index >= 15 is 0 Å². The molecule has 0 saturated carbocycles. The standard InChI is InChI=1S/C21H21FN6O2S/c1-27-19(29)10-17(15-6-7-24-11-16(15)22)26-21(27)28-8-9-30-18(12-28)13-2-4-14(5-3-13)25-20(23)31/h2-7,10-11,18H,8-9,12H2,1H3,(H3,23,25,31)/t18-/m1/s1. The lowest BCUT2D eigenvalue weighted by Crippen LogP contribution is -2.41. The second-order valence-corrected chi connectivity index (χ2v) is 7.55. The number of anilines is 2. The molecule has 0 radical (unpaired) electrons. The zero-order chi connectivity index (χ0) is 22.0. The van der Waals surface area contributed by atoms with Gasteiger partial charge in [0.2, 0.25) is 5.95 Å². The van der Waals surface area contributed by atoms with Crippen molar-refractivity contribution in [1.29, 1.82) is 0 Å².